The minimum absolute atomic E-state index is 0.0104. The van der Waals surface area contributed by atoms with Crippen molar-refractivity contribution < 1.29 is 50.1 Å². The minimum Gasteiger partial charge on any atom is -0.449 e. The minimum atomic E-state index is -4.57. The Hall–Kier alpha value is -2.61. The van der Waals surface area contributed by atoms with E-state index in [0.717, 1.165) is 25.1 Å². The lowest BCUT2D eigenvalue weighted by Gasteiger charge is -2.37. The molecule has 3 fully saturated rings. The molecule has 1 aliphatic carbocycles. The Morgan fingerprint density at radius 2 is 1.98 bits per heavy atom. The number of rotatable bonds is 6. The molecule has 5 atom stereocenters. The molecular formula is C28H35F6N3O5. The van der Waals surface area contributed by atoms with Gasteiger partial charge in [0.05, 0.1) is 30.1 Å². The number of ether oxygens (including phenoxy) is 3. The van der Waals surface area contributed by atoms with E-state index in [-0.39, 0.29) is 55.9 Å². The molecular weight excluding hydrogens is 572 g/mol. The molecule has 0 aromatic carbocycles. The number of aromatic nitrogens is 1. The quantitative estimate of drug-likeness (QED) is 0.431. The van der Waals surface area contributed by atoms with Gasteiger partial charge in [0.2, 0.25) is 5.91 Å². The van der Waals surface area contributed by atoms with Gasteiger partial charge in [0.15, 0.2) is 0 Å². The summed E-state index contributed by atoms with van der Waals surface area (Å²) in [5.74, 6) is -0.137. The third-order valence-electron chi connectivity index (χ3n) is 9.30. The second-order valence-corrected chi connectivity index (χ2v) is 12.0. The van der Waals surface area contributed by atoms with E-state index in [1.807, 2.05) is 0 Å². The molecule has 0 bridgehead atoms. The lowest BCUT2D eigenvalue weighted by Crippen LogP contribution is -2.49. The Bertz CT molecular complexity index is 1160. The second kappa shape index (κ2) is 11.8. The lowest BCUT2D eigenvalue weighted by molar-refractivity contribution is -0.144. The van der Waals surface area contributed by atoms with Crippen LogP contribution in [0.1, 0.15) is 48.9 Å². The summed E-state index contributed by atoms with van der Waals surface area (Å²) >= 11 is 0. The number of halogens is 6. The van der Waals surface area contributed by atoms with Crippen LogP contribution in [0.3, 0.4) is 0 Å². The van der Waals surface area contributed by atoms with Crippen molar-refractivity contribution in [2.45, 2.75) is 63.5 Å². The third kappa shape index (κ3) is 6.48. The smallest absolute Gasteiger partial charge is 0.417 e. The fourth-order valence-electron chi connectivity index (χ4n) is 7.28. The van der Waals surface area contributed by atoms with Crippen molar-refractivity contribution in [2.24, 2.45) is 23.2 Å². The number of fused-ring (bicyclic) bond motifs is 2. The standard InChI is InChI=1S/C28H35F6N3O5/c1-40-23-15-41-6-3-18(23)8-17-9-21-14-37(25(39)42-7-4-27(29,30)31)16-26(21,11-17)24(38)36-5-2-22-19(13-36)10-20(12-35-22)28(32,33)34/h10,12,17-18,21,23H,2-9,11,13-16H2,1H3/t17-,18?,21+,23?,26+/m1/s1. The average Bonchev–Trinajstić information content (AvgIpc) is 3.46. The SMILES string of the molecule is COC1COCCC1C[C@@H]1C[C@H]2CN(C(=O)OCCC(F)(F)F)C[C@@]2(C(=O)N2CCc3ncc(C(F)(F)F)cc3C2)C1. The zero-order valence-electron chi connectivity index (χ0n) is 23.3. The molecule has 1 aromatic heterocycles. The molecule has 5 rings (SSSR count). The number of amides is 2. The fourth-order valence-corrected chi connectivity index (χ4v) is 7.28. The number of nitrogens with zero attached hydrogens (tertiary/aromatic N) is 3. The number of pyridine rings is 1. The molecule has 234 valence electrons. The van der Waals surface area contributed by atoms with E-state index in [9.17, 15) is 35.9 Å². The summed E-state index contributed by atoms with van der Waals surface area (Å²) in [6, 6.07) is 1.03. The molecule has 1 saturated carbocycles. The van der Waals surface area contributed by atoms with Crippen LogP contribution in [0.5, 0.6) is 0 Å². The van der Waals surface area contributed by atoms with Gasteiger partial charge in [-0.25, -0.2) is 4.79 Å². The van der Waals surface area contributed by atoms with Crippen LogP contribution >= 0.6 is 0 Å². The van der Waals surface area contributed by atoms with Gasteiger partial charge in [-0.15, -0.1) is 0 Å². The third-order valence-corrected chi connectivity index (χ3v) is 9.30. The molecule has 42 heavy (non-hydrogen) atoms. The van der Waals surface area contributed by atoms with Gasteiger partial charge in [-0.05, 0) is 55.1 Å². The maximum absolute atomic E-state index is 14.3. The highest BCUT2D eigenvalue weighted by Gasteiger charge is 2.60. The van der Waals surface area contributed by atoms with Crippen molar-refractivity contribution in [3.8, 4) is 0 Å². The number of carbonyl (C=O) groups is 2. The van der Waals surface area contributed by atoms with Gasteiger partial charge in [-0.2, -0.15) is 26.3 Å². The van der Waals surface area contributed by atoms with Gasteiger partial charge >= 0.3 is 18.4 Å². The maximum Gasteiger partial charge on any atom is 0.417 e. The molecule has 0 spiro atoms. The van der Waals surface area contributed by atoms with Crippen LogP contribution in [0.4, 0.5) is 31.1 Å². The van der Waals surface area contributed by atoms with Crippen LogP contribution in [0.15, 0.2) is 12.3 Å². The Morgan fingerprint density at radius 3 is 2.69 bits per heavy atom. The Labute approximate surface area is 239 Å². The van der Waals surface area contributed by atoms with Crippen LogP contribution in [0.25, 0.3) is 0 Å². The van der Waals surface area contributed by atoms with Crippen LogP contribution in [0, 0.1) is 23.2 Å². The first kappa shape index (κ1) is 30.8. The molecule has 2 saturated heterocycles. The van der Waals surface area contributed by atoms with Crippen molar-refractivity contribution in [3.63, 3.8) is 0 Å². The number of hydrogen-bond acceptors (Lipinski definition) is 6. The largest absolute Gasteiger partial charge is 0.449 e. The first-order chi connectivity index (χ1) is 19.8. The number of alkyl halides is 6. The highest BCUT2D eigenvalue weighted by molar-refractivity contribution is 5.85. The average molecular weight is 608 g/mol. The molecule has 4 aliphatic rings. The van der Waals surface area contributed by atoms with Crippen molar-refractivity contribution in [2.75, 3.05) is 46.6 Å². The van der Waals surface area contributed by atoms with E-state index in [4.69, 9.17) is 14.2 Å². The topological polar surface area (TPSA) is 81.2 Å². The first-order valence-corrected chi connectivity index (χ1v) is 14.2. The summed E-state index contributed by atoms with van der Waals surface area (Å²) < 4.78 is 93.9. The molecule has 2 unspecified atom stereocenters. The molecule has 4 heterocycles. The maximum atomic E-state index is 14.3. The number of likely N-dealkylation sites (tertiary alicyclic amines) is 1. The van der Waals surface area contributed by atoms with Crippen molar-refractivity contribution in [1.82, 2.24) is 14.8 Å². The van der Waals surface area contributed by atoms with Gasteiger partial charge in [0.25, 0.3) is 0 Å². The number of carbonyl (C=O) groups excluding carboxylic acids is 2. The predicted octanol–water partition coefficient (Wildman–Crippen LogP) is 4.84. The van der Waals surface area contributed by atoms with Gasteiger partial charge in [-0.1, -0.05) is 0 Å². The van der Waals surface area contributed by atoms with E-state index < -0.39 is 42.5 Å². The summed E-state index contributed by atoms with van der Waals surface area (Å²) in [6.45, 7) is 0.676. The summed E-state index contributed by atoms with van der Waals surface area (Å²) in [4.78, 5) is 33.9. The van der Waals surface area contributed by atoms with Crippen molar-refractivity contribution >= 4 is 12.0 Å². The molecule has 8 nitrogen and oxygen atoms in total. The normalized spacial score (nSPS) is 29.8. The predicted molar refractivity (Wildman–Crippen MR) is 135 cm³/mol. The van der Waals surface area contributed by atoms with E-state index in [2.05, 4.69) is 4.98 Å². The van der Waals surface area contributed by atoms with E-state index in [1.165, 1.54) is 4.90 Å². The number of methoxy groups -OCH3 is 1. The van der Waals surface area contributed by atoms with Crippen molar-refractivity contribution in [3.05, 3.63) is 29.1 Å². The van der Waals surface area contributed by atoms with E-state index >= 15 is 0 Å². The Balaban J connectivity index is 1.34. The molecule has 0 radical (unpaired) electrons. The van der Waals surface area contributed by atoms with Gasteiger partial charge in [-0.3, -0.25) is 9.78 Å². The van der Waals surface area contributed by atoms with E-state index in [0.29, 0.717) is 43.7 Å². The molecule has 3 aliphatic heterocycles. The summed E-state index contributed by atoms with van der Waals surface area (Å²) in [6.07, 6.45) is -7.47. The highest BCUT2D eigenvalue weighted by atomic mass is 19.4. The van der Waals surface area contributed by atoms with Gasteiger partial charge in [0, 0.05) is 58.2 Å². The Kier molecular flexibility index (Phi) is 8.68. The van der Waals surface area contributed by atoms with Crippen molar-refractivity contribution in [1.29, 1.82) is 0 Å². The highest BCUT2D eigenvalue weighted by Crippen LogP contribution is 2.54. The lowest BCUT2D eigenvalue weighted by atomic mass is 9.78. The Morgan fingerprint density at radius 1 is 1.19 bits per heavy atom. The zero-order valence-corrected chi connectivity index (χ0v) is 23.3. The molecule has 2 amide bonds. The fraction of sp³-hybridized carbons (Fsp3) is 0.750. The summed E-state index contributed by atoms with van der Waals surface area (Å²) in [5.41, 5.74) is -1.05. The second-order valence-electron chi connectivity index (χ2n) is 12.0. The molecule has 14 heteroatoms. The van der Waals surface area contributed by atoms with Crippen LogP contribution < -0.4 is 0 Å². The van der Waals surface area contributed by atoms with Gasteiger partial charge < -0.3 is 24.0 Å². The van der Waals surface area contributed by atoms with Gasteiger partial charge in [0.1, 0.15) is 6.61 Å². The summed E-state index contributed by atoms with van der Waals surface area (Å²) in [5, 5.41) is 0. The van der Waals surface area contributed by atoms with Crippen LogP contribution in [-0.2, 0) is 38.1 Å². The number of hydrogen-bond donors (Lipinski definition) is 0. The summed E-state index contributed by atoms with van der Waals surface area (Å²) in [7, 11) is 1.64. The van der Waals surface area contributed by atoms with Crippen LogP contribution in [-0.4, -0.2) is 85.6 Å². The monoisotopic (exact) mass is 607 g/mol. The molecule has 0 N–H and O–H groups in total. The first-order valence-electron chi connectivity index (χ1n) is 14.2. The molecule has 1 aromatic rings. The van der Waals surface area contributed by atoms with Crippen LogP contribution in [0.2, 0.25) is 0 Å². The van der Waals surface area contributed by atoms with E-state index in [1.54, 1.807) is 12.0 Å². The zero-order chi connectivity index (χ0) is 30.3.